The van der Waals surface area contributed by atoms with E-state index in [4.69, 9.17) is 4.74 Å². The number of carbonyl (C=O) groups excluding carboxylic acids is 1. The zero-order valence-electron chi connectivity index (χ0n) is 9.27. The lowest BCUT2D eigenvalue weighted by Gasteiger charge is -2.13. The number of rotatable bonds is 5. The minimum absolute atomic E-state index is 0.131. The molecule has 1 heterocycles. The van der Waals surface area contributed by atoms with Gasteiger partial charge in [0.2, 0.25) is 0 Å². The Morgan fingerprint density at radius 1 is 1.53 bits per heavy atom. The van der Waals surface area contributed by atoms with Gasteiger partial charge in [-0.2, -0.15) is 0 Å². The first kappa shape index (κ1) is 11.7. The number of esters is 1. The van der Waals surface area contributed by atoms with Crippen LogP contribution in [-0.4, -0.2) is 17.6 Å². The molecule has 0 N–H and O–H groups in total. The molecule has 0 aliphatic heterocycles. The molecule has 1 aromatic heterocycles. The van der Waals surface area contributed by atoms with Gasteiger partial charge in [-0.15, -0.1) is 0 Å². The third-order valence-corrected chi connectivity index (χ3v) is 2.37. The fourth-order valence-electron chi connectivity index (χ4n) is 1.54. The summed E-state index contributed by atoms with van der Waals surface area (Å²) in [5.41, 5.74) is 1.10. The first-order valence-corrected chi connectivity index (χ1v) is 5.33. The summed E-state index contributed by atoms with van der Waals surface area (Å²) in [6, 6.07) is 3.89. The van der Waals surface area contributed by atoms with Gasteiger partial charge in [0.15, 0.2) is 0 Å². The zero-order chi connectivity index (χ0) is 11.1. The number of hydrogen-bond donors (Lipinski definition) is 0. The summed E-state index contributed by atoms with van der Waals surface area (Å²) in [6.07, 6.45) is 4.91. The summed E-state index contributed by atoms with van der Waals surface area (Å²) in [7, 11) is 0. The van der Waals surface area contributed by atoms with Gasteiger partial charge in [-0.25, -0.2) is 0 Å². The Morgan fingerprint density at radius 2 is 2.33 bits per heavy atom. The summed E-state index contributed by atoms with van der Waals surface area (Å²) >= 11 is 0. The molecule has 3 nitrogen and oxygen atoms in total. The van der Waals surface area contributed by atoms with Crippen molar-refractivity contribution in [1.82, 2.24) is 4.98 Å². The van der Waals surface area contributed by atoms with Crippen molar-refractivity contribution in [3.05, 3.63) is 30.1 Å². The van der Waals surface area contributed by atoms with Gasteiger partial charge in [-0.3, -0.25) is 9.78 Å². The van der Waals surface area contributed by atoms with Crippen LogP contribution in [-0.2, 0) is 9.53 Å². The van der Waals surface area contributed by atoms with E-state index in [2.05, 4.69) is 11.9 Å². The maximum absolute atomic E-state index is 11.3. The van der Waals surface area contributed by atoms with Gasteiger partial charge in [0.05, 0.1) is 13.0 Å². The second kappa shape index (κ2) is 6.17. The van der Waals surface area contributed by atoms with Crippen LogP contribution in [0.4, 0.5) is 0 Å². The van der Waals surface area contributed by atoms with Crippen molar-refractivity contribution in [2.45, 2.75) is 32.6 Å². The molecule has 0 saturated carbocycles. The molecule has 1 aromatic rings. The van der Waals surface area contributed by atoms with Gasteiger partial charge >= 0.3 is 5.97 Å². The van der Waals surface area contributed by atoms with Crippen molar-refractivity contribution in [1.29, 1.82) is 0 Å². The Balaban J connectivity index is 2.61. The van der Waals surface area contributed by atoms with Crippen molar-refractivity contribution < 1.29 is 9.53 Å². The lowest BCUT2D eigenvalue weighted by atomic mass is 9.95. The molecule has 0 aliphatic rings. The number of carbonyl (C=O) groups is 1. The first-order valence-electron chi connectivity index (χ1n) is 5.33. The standard InChI is InChI=1S/C12H17NO2/c1-3-10(8-12(14)15-4-2)11-6-5-7-13-9-11/h5-7,9-10H,3-4,8H2,1-2H3. The van der Waals surface area contributed by atoms with Gasteiger partial charge in [0.25, 0.3) is 0 Å². The predicted octanol–water partition coefficient (Wildman–Crippen LogP) is 2.53. The van der Waals surface area contributed by atoms with E-state index in [9.17, 15) is 4.79 Å². The van der Waals surface area contributed by atoms with E-state index in [0.29, 0.717) is 13.0 Å². The summed E-state index contributed by atoms with van der Waals surface area (Å²) < 4.78 is 4.94. The minimum atomic E-state index is -0.131. The van der Waals surface area contributed by atoms with Crippen molar-refractivity contribution in [2.75, 3.05) is 6.61 Å². The van der Waals surface area contributed by atoms with Crippen molar-refractivity contribution in [2.24, 2.45) is 0 Å². The molecule has 3 heteroatoms. The van der Waals surface area contributed by atoms with E-state index in [0.717, 1.165) is 12.0 Å². The average Bonchev–Trinajstić information content (AvgIpc) is 2.27. The summed E-state index contributed by atoms with van der Waals surface area (Å²) in [5.74, 6) is 0.0888. The highest BCUT2D eigenvalue weighted by Crippen LogP contribution is 2.22. The summed E-state index contributed by atoms with van der Waals surface area (Å²) in [4.78, 5) is 15.4. The largest absolute Gasteiger partial charge is 0.466 e. The van der Waals surface area contributed by atoms with Gasteiger partial charge < -0.3 is 4.74 Å². The van der Waals surface area contributed by atoms with Crippen LogP contribution in [0.1, 0.15) is 38.2 Å². The maximum Gasteiger partial charge on any atom is 0.306 e. The fraction of sp³-hybridized carbons (Fsp3) is 0.500. The molecule has 0 radical (unpaired) electrons. The van der Waals surface area contributed by atoms with Crippen molar-refractivity contribution in [3.63, 3.8) is 0 Å². The number of nitrogens with zero attached hydrogens (tertiary/aromatic N) is 1. The monoisotopic (exact) mass is 207 g/mol. The van der Waals surface area contributed by atoms with Gasteiger partial charge in [0.1, 0.15) is 0 Å². The second-order valence-corrected chi connectivity index (χ2v) is 3.40. The molecule has 0 aromatic carbocycles. The molecule has 0 bridgehead atoms. The van der Waals surface area contributed by atoms with Crippen molar-refractivity contribution in [3.8, 4) is 0 Å². The van der Waals surface area contributed by atoms with E-state index in [1.54, 1.807) is 6.20 Å². The molecule has 0 amide bonds. The predicted molar refractivity (Wildman–Crippen MR) is 58.5 cm³/mol. The molecule has 0 spiro atoms. The summed E-state index contributed by atoms with van der Waals surface area (Å²) in [5, 5.41) is 0. The molecular weight excluding hydrogens is 190 g/mol. The van der Waals surface area contributed by atoms with Crippen LogP contribution in [0.15, 0.2) is 24.5 Å². The molecule has 1 unspecified atom stereocenters. The van der Waals surface area contributed by atoms with Crippen LogP contribution in [0.25, 0.3) is 0 Å². The highest BCUT2D eigenvalue weighted by molar-refractivity contribution is 5.70. The molecule has 0 aliphatic carbocycles. The molecule has 1 rings (SSSR count). The molecule has 0 fully saturated rings. The highest BCUT2D eigenvalue weighted by Gasteiger charge is 2.14. The van der Waals surface area contributed by atoms with Crippen LogP contribution in [0, 0.1) is 0 Å². The fourth-order valence-corrected chi connectivity index (χ4v) is 1.54. The maximum atomic E-state index is 11.3. The molecule has 1 atom stereocenters. The van der Waals surface area contributed by atoms with Crippen LogP contribution in [0.2, 0.25) is 0 Å². The van der Waals surface area contributed by atoms with E-state index in [1.807, 2.05) is 25.3 Å². The van der Waals surface area contributed by atoms with E-state index in [1.165, 1.54) is 0 Å². The van der Waals surface area contributed by atoms with Crippen LogP contribution in [0.5, 0.6) is 0 Å². The first-order chi connectivity index (χ1) is 7.27. The van der Waals surface area contributed by atoms with Crippen LogP contribution >= 0.6 is 0 Å². The second-order valence-electron chi connectivity index (χ2n) is 3.40. The molecular formula is C12H17NO2. The third kappa shape index (κ3) is 3.70. The topological polar surface area (TPSA) is 39.2 Å². The average molecular weight is 207 g/mol. The Bertz CT molecular complexity index is 298. The lowest BCUT2D eigenvalue weighted by molar-refractivity contribution is -0.143. The Kier molecular flexibility index (Phi) is 4.81. The smallest absolute Gasteiger partial charge is 0.306 e. The quantitative estimate of drug-likeness (QED) is 0.696. The lowest BCUT2D eigenvalue weighted by Crippen LogP contribution is -2.10. The number of hydrogen-bond acceptors (Lipinski definition) is 3. The molecule has 0 saturated heterocycles. The van der Waals surface area contributed by atoms with Gasteiger partial charge in [-0.1, -0.05) is 13.0 Å². The summed E-state index contributed by atoms with van der Waals surface area (Å²) in [6.45, 7) is 4.34. The zero-order valence-corrected chi connectivity index (χ0v) is 9.27. The van der Waals surface area contributed by atoms with Gasteiger partial charge in [-0.05, 0) is 30.9 Å². The third-order valence-electron chi connectivity index (χ3n) is 2.37. The van der Waals surface area contributed by atoms with E-state index < -0.39 is 0 Å². The Hall–Kier alpha value is -1.38. The normalized spacial score (nSPS) is 12.1. The SMILES string of the molecule is CCOC(=O)CC(CC)c1cccnc1. The molecule has 15 heavy (non-hydrogen) atoms. The number of ether oxygens (including phenoxy) is 1. The Labute approximate surface area is 90.5 Å². The number of pyridine rings is 1. The Morgan fingerprint density at radius 3 is 2.87 bits per heavy atom. The minimum Gasteiger partial charge on any atom is -0.466 e. The van der Waals surface area contributed by atoms with Crippen LogP contribution < -0.4 is 0 Å². The highest BCUT2D eigenvalue weighted by atomic mass is 16.5. The van der Waals surface area contributed by atoms with Gasteiger partial charge in [0, 0.05) is 12.4 Å². The number of aromatic nitrogens is 1. The van der Waals surface area contributed by atoms with Crippen LogP contribution in [0.3, 0.4) is 0 Å². The molecule has 82 valence electrons. The van der Waals surface area contributed by atoms with E-state index in [-0.39, 0.29) is 11.9 Å². The van der Waals surface area contributed by atoms with Crippen molar-refractivity contribution >= 4 is 5.97 Å². The van der Waals surface area contributed by atoms with E-state index >= 15 is 0 Å².